The Bertz CT molecular complexity index is 113. The van der Waals surface area contributed by atoms with E-state index in [0.29, 0.717) is 0 Å². The molecule has 13 heavy (non-hydrogen) atoms. The van der Waals surface area contributed by atoms with Crippen molar-refractivity contribution in [3.05, 3.63) is 0 Å². The fourth-order valence-electron chi connectivity index (χ4n) is 2.09. The van der Waals surface area contributed by atoms with Crippen LogP contribution < -0.4 is 5.32 Å². The van der Waals surface area contributed by atoms with Gasteiger partial charge in [-0.1, -0.05) is 20.3 Å². The van der Waals surface area contributed by atoms with Crippen molar-refractivity contribution in [3.8, 4) is 0 Å². The van der Waals surface area contributed by atoms with Crippen molar-refractivity contribution in [3.63, 3.8) is 0 Å². The summed E-state index contributed by atoms with van der Waals surface area (Å²) in [5, 5.41) is 3.52. The van der Waals surface area contributed by atoms with Crippen LogP contribution in [0.4, 0.5) is 0 Å². The van der Waals surface area contributed by atoms with E-state index in [2.05, 4.69) is 24.1 Å². The number of hydrogen-bond donors (Lipinski definition) is 1. The molecular formula is C11H24N2. The molecule has 1 atom stereocenters. The van der Waals surface area contributed by atoms with Crippen molar-refractivity contribution in [2.75, 3.05) is 32.7 Å². The third-order valence-corrected chi connectivity index (χ3v) is 3.06. The Morgan fingerprint density at radius 3 is 2.69 bits per heavy atom. The molecule has 0 spiro atoms. The van der Waals surface area contributed by atoms with Gasteiger partial charge >= 0.3 is 0 Å². The molecule has 0 radical (unpaired) electrons. The molecule has 2 heteroatoms. The molecule has 1 heterocycles. The lowest BCUT2D eigenvalue weighted by Crippen LogP contribution is -2.33. The van der Waals surface area contributed by atoms with E-state index in [1.54, 1.807) is 0 Å². The lowest BCUT2D eigenvalue weighted by Gasteiger charge is -2.24. The lowest BCUT2D eigenvalue weighted by atomic mass is 10.0. The molecule has 0 aromatic carbocycles. The highest BCUT2D eigenvalue weighted by Crippen LogP contribution is 2.12. The maximum atomic E-state index is 3.52. The molecule has 1 N–H and O–H groups in total. The molecule has 1 aliphatic heterocycles. The topological polar surface area (TPSA) is 15.3 Å². The first-order valence-corrected chi connectivity index (χ1v) is 5.79. The van der Waals surface area contributed by atoms with Crippen LogP contribution in [0.2, 0.25) is 0 Å². The fraction of sp³-hybridized carbons (Fsp3) is 1.00. The fourth-order valence-corrected chi connectivity index (χ4v) is 2.09. The second-order valence-corrected chi connectivity index (χ2v) is 4.05. The van der Waals surface area contributed by atoms with Crippen molar-refractivity contribution in [2.45, 2.75) is 33.1 Å². The van der Waals surface area contributed by atoms with Crippen LogP contribution in [0, 0.1) is 5.92 Å². The van der Waals surface area contributed by atoms with Crippen molar-refractivity contribution in [1.29, 1.82) is 0 Å². The van der Waals surface area contributed by atoms with Crippen LogP contribution in [0.5, 0.6) is 0 Å². The highest BCUT2D eigenvalue weighted by molar-refractivity contribution is 4.70. The van der Waals surface area contributed by atoms with Crippen molar-refractivity contribution in [1.82, 2.24) is 10.2 Å². The third kappa shape index (κ3) is 4.10. The SMILES string of the molecule is CCN(CC)CC1CCCCNC1. The summed E-state index contributed by atoms with van der Waals surface area (Å²) in [6.07, 6.45) is 4.21. The van der Waals surface area contributed by atoms with E-state index in [1.165, 1.54) is 52.0 Å². The zero-order valence-electron chi connectivity index (χ0n) is 9.18. The number of nitrogens with zero attached hydrogens (tertiary/aromatic N) is 1. The van der Waals surface area contributed by atoms with E-state index < -0.39 is 0 Å². The summed E-state index contributed by atoms with van der Waals surface area (Å²) >= 11 is 0. The van der Waals surface area contributed by atoms with Crippen molar-refractivity contribution in [2.24, 2.45) is 5.92 Å². The molecule has 1 unspecified atom stereocenters. The molecule has 78 valence electrons. The van der Waals surface area contributed by atoms with Crippen LogP contribution in [0.25, 0.3) is 0 Å². The molecule has 1 rings (SSSR count). The molecular weight excluding hydrogens is 160 g/mol. The Morgan fingerprint density at radius 1 is 1.23 bits per heavy atom. The Morgan fingerprint density at radius 2 is 2.00 bits per heavy atom. The van der Waals surface area contributed by atoms with Gasteiger partial charge in [-0.3, -0.25) is 0 Å². The van der Waals surface area contributed by atoms with E-state index >= 15 is 0 Å². The zero-order valence-corrected chi connectivity index (χ0v) is 9.18. The summed E-state index contributed by atoms with van der Waals surface area (Å²) in [5.74, 6) is 0.891. The molecule has 0 aliphatic carbocycles. The molecule has 1 aliphatic rings. The van der Waals surface area contributed by atoms with E-state index in [-0.39, 0.29) is 0 Å². The third-order valence-electron chi connectivity index (χ3n) is 3.06. The minimum absolute atomic E-state index is 0.891. The number of nitrogens with one attached hydrogen (secondary N) is 1. The van der Waals surface area contributed by atoms with Crippen LogP contribution in [-0.4, -0.2) is 37.6 Å². The van der Waals surface area contributed by atoms with Gasteiger partial charge in [0, 0.05) is 6.54 Å². The predicted octanol–water partition coefficient (Wildman–Crippen LogP) is 1.72. The smallest absolute Gasteiger partial charge is 0.00216 e. The van der Waals surface area contributed by atoms with Crippen LogP contribution in [0.3, 0.4) is 0 Å². The van der Waals surface area contributed by atoms with Crippen LogP contribution >= 0.6 is 0 Å². The van der Waals surface area contributed by atoms with Crippen LogP contribution in [0.1, 0.15) is 33.1 Å². The Hall–Kier alpha value is -0.0800. The van der Waals surface area contributed by atoms with Gasteiger partial charge in [0.15, 0.2) is 0 Å². The van der Waals surface area contributed by atoms with E-state index in [1.807, 2.05) is 0 Å². The minimum atomic E-state index is 0.891. The van der Waals surface area contributed by atoms with Gasteiger partial charge in [0.2, 0.25) is 0 Å². The second-order valence-electron chi connectivity index (χ2n) is 4.05. The van der Waals surface area contributed by atoms with E-state index in [9.17, 15) is 0 Å². The van der Waals surface area contributed by atoms with Crippen LogP contribution in [0.15, 0.2) is 0 Å². The first kappa shape index (κ1) is 11.0. The quantitative estimate of drug-likeness (QED) is 0.715. The van der Waals surface area contributed by atoms with Crippen LogP contribution in [-0.2, 0) is 0 Å². The molecule has 0 bridgehead atoms. The summed E-state index contributed by atoms with van der Waals surface area (Å²) in [5.41, 5.74) is 0. The van der Waals surface area contributed by atoms with Gasteiger partial charge in [0.25, 0.3) is 0 Å². The summed E-state index contributed by atoms with van der Waals surface area (Å²) in [7, 11) is 0. The van der Waals surface area contributed by atoms with Gasteiger partial charge in [-0.25, -0.2) is 0 Å². The summed E-state index contributed by atoms with van der Waals surface area (Å²) < 4.78 is 0. The largest absolute Gasteiger partial charge is 0.316 e. The molecule has 0 aromatic heterocycles. The normalized spacial score (nSPS) is 24.7. The van der Waals surface area contributed by atoms with Gasteiger partial charge in [-0.05, 0) is 44.9 Å². The van der Waals surface area contributed by atoms with E-state index in [4.69, 9.17) is 0 Å². The molecule has 1 fully saturated rings. The number of rotatable bonds is 4. The monoisotopic (exact) mass is 184 g/mol. The summed E-state index contributed by atoms with van der Waals surface area (Å²) in [6.45, 7) is 10.7. The van der Waals surface area contributed by atoms with Gasteiger partial charge in [0.05, 0.1) is 0 Å². The first-order valence-electron chi connectivity index (χ1n) is 5.79. The average Bonchev–Trinajstić information content (AvgIpc) is 2.42. The molecule has 0 aromatic rings. The molecule has 1 saturated heterocycles. The van der Waals surface area contributed by atoms with Crippen molar-refractivity contribution >= 4 is 0 Å². The molecule has 0 saturated carbocycles. The highest BCUT2D eigenvalue weighted by Gasteiger charge is 2.13. The zero-order chi connectivity index (χ0) is 9.52. The standard InChI is InChI=1S/C11H24N2/c1-3-13(4-2)10-11-7-5-6-8-12-9-11/h11-12H,3-10H2,1-2H3. The first-order chi connectivity index (χ1) is 6.36. The predicted molar refractivity (Wildman–Crippen MR) is 58.0 cm³/mol. The molecule has 0 amide bonds. The minimum Gasteiger partial charge on any atom is -0.316 e. The maximum absolute atomic E-state index is 3.52. The maximum Gasteiger partial charge on any atom is 0.00216 e. The molecule has 2 nitrogen and oxygen atoms in total. The highest BCUT2D eigenvalue weighted by atomic mass is 15.1. The summed E-state index contributed by atoms with van der Waals surface area (Å²) in [6, 6.07) is 0. The lowest BCUT2D eigenvalue weighted by molar-refractivity contribution is 0.245. The Balaban J connectivity index is 2.24. The Labute approximate surface area is 82.7 Å². The van der Waals surface area contributed by atoms with Gasteiger partial charge in [0.1, 0.15) is 0 Å². The van der Waals surface area contributed by atoms with Crippen molar-refractivity contribution < 1.29 is 0 Å². The number of hydrogen-bond acceptors (Lipinski definition) is 2. The average molecular weight is 184 g/mol. The van der Waals surface area contributed by atoms with E-state index in [0.717, 1.165) is 5.92 Å². The summed E-state index contributed by atoms with van der Waals surface area (Å²) in [4.78, 5) is 2.54. The Kier molecular flexibility index (Phi) is 5.40. The van der Waals surface area contributed by atoms with Gasteiger partial charge in [-0.2, -0.15) is 0 Å². The second kappa shape index (κ2) is 6.39. The van der Waals surface area contributed by atoms with Gasteiger partial charge < -0.3 is 10.2 Å². The van der Waals surface area contributed by atoms with Gasteiger partial charge in [-0.15, -0.1) is 0 Å².